The van der Waals surface area contributed by atoms with Gasteiger partial charge in [0.05, 0.1) is 0 Å². The molecule has 5 heteroatoms. The zero-order chi connectivity index (χ0) is 38.0. The highest BCUT2D eigenvalue weighted by atomic mass is 32.2. The molecule has 308 valence electrons. The number of unbranched alkanes of at least 4 members (excludes halogenated alkanes) is 18. The van der Waals surface area contributed by atoms with Gasteiger partial charge in [-0.25, -0.2) is 0 Å². The molecule has 0 spiro atoms. The van der Waals surface area contributed by atoms with Crippen LogP contribution in [0.5, 0.6) is 0 Å². The molecule has 0 aromatic carbocycles. The van der Waals surface area contributed by atoms with E-state index in [-0.39, 0.29) is 0 Å². The molecule has 0 radical (unpaired) electrons. The average Bonchev–Trinajstić information content (AvgIpc) is 3.87. The van der Waals surface area contributed by atoms with Crippen molar-refractivity contribution in [1.29, 1.82) is 0 Å². The van der Waals surface area contributed by atoms with Crippen molar-refractivity contribution in [1.82, 2.24) is 10.2 Å². The number of allylic oxidation sites excluding steroid dienone is 2. The molecule has 1 atom stereocenters. The SMILES string of the molecule is CC/C=C(/NCCCCC(CN(CCCCCC=O)CCCCCCCC(=O)C(CCCCCCCC)CCCCCCCC)C1CC1)C1=CSCC1. The zero-order valence-electron chi connectivity index (χ0n) is 35.6. The molecule has 53 heavy (non-hydrogen) atoms. The lowest BCUT2D eigenvalue weighted by atomic mass is 9.88. The maximum absolute atomic E-state index is 13.4. The third kappa shape index (κ3) is 25.7. The van der Waals surface area contributed by atoms with Gasteiger partial charge in [-0.2, -0.15) is 0 Å². The van der Waals surface area contributed by atoms with Gasteiger partial charge < -0.3 is 15.0 Å². The zero-order valence-corrected chi connectivity index (χ0v) is 36.4. The van der Waals surface area contributed by atoms with Crippen molar-refractivity contribution in [2.75, 3.05) is 31.9 Å². The number of thioether (sulfide) groups is 1. The first-order valence-electron chi connectivity index (χ1n) is 23.6. The molecule has 0 saturated heterocycles. The molecule has 1 N–H and O–H groups in total. The fourth-order valence-electron chi connectivity index (χ4n) is 8.45. The summed E-state index contributed by atoms with van der Waals surface area (Å²) < 4.78 is 0. The Morgan fingerprint density at radius 1 is 0.755 bits per heavy atom. The van der Waals surface area contributed by atoms with Crippen LogP contribution in [0.1, 0.15) is 220 Å². The number of nitrogens with one attached hydrogen (secondary N) is 1. The summed E-state index contributed by atoms with van der Waals surface area (Å²) in [5.74, 6) is 3.93. The summed E-state index contributed by atoms with van der Waals surface area (Å²) >= 11 is 1.95. The Balaban J connectivity index is 1.72. The highest BCUT2D eigenvalue weighted by molar-refractivity contribution is 8.02. The molecule has 2 aliphatic rings. The Morgan fingerprint density at radius 2 is 1.34 bits per heavy atom. The fraction of sp³-hybridized carbons (Fsp3) is 0.875. The highest BCUT2D eigenvalue weighted by Crippen LogP contribution is 2.40. The Hall–Kier alpha value is -1.07. The Kier molecular flexibility index (Phi) is 31.0. The van der Waals surface area contributed by atoms with Crippen LogP contribution in [0, 0.1) is 17.8 Å². The molecule has 0 aromatic rings. The minimum absolute atomic E-state index is 0.326. The number of hydrogen-bond donors (Lipinski definition) is 1. The van der Waals surface area contributed by atoms with Gasteiger partial charge in [0.15, 0.2) is 0 Å². The number of nitrogens with zero attached hydrogens (tertiary/aromatic N) is 1. The number of aldehydes is 1. The monoisotopic (exact) mass is 757 g/mol. The molecule has 0 bridgehead atoms. The van der Waals surface area contributed by atoms with E-state index in [0.717, 1.165) is 63.2 Å². The predicted molar refractivity (Wildman–Crippen MR) is 235 cm³/mol. The van der Waals surface area contributed by atoms with Crippen molar-refractivity contribution < 1.29 is 9.59 Å². The minimum Gasteiger partial charge on any atom is -0.385 e. The standard InChI is InChI=1S/C48H88N2O2S/c1-4-7-9-11-14-20-29-44(30-21-15-12-10-8-5-2)48(52)32-22-16-13-17-25-37-50(38-26-18-19-27-39-51)41-45(43-33-34-43)31-23-24-36-49-47(28-6-3)46-35-40-53-42-46/h28,39,42-45,49H,4-27,29-38,40-41H2,1-3H3/b47-28+. The molecule has 2 rings (SSSR count). The van der Waals surface area contributed by atoms with Crippen molar-refractivity contribution in [3.8, 4) is 0 Å². The smallest absolute Gasteiger partial charge is 0.135 e. The first-order valence-corrected chi connectivity index (χ1v) is 24.6. The maximum Gasteiger partial charge on any atom is 0.135 e. The van der Waals surface area contributed by atoms with E-state index in [4.69, 9.17) is 0 Å². The van der Waals surface area contributed by atoms with Crippen LogP contribution in [-0.4, -0.2) is 48.9 Å². The van der Waals surface area contributed by atoms with Crippen LogP contribution in [0.3, 0.4) is 0 Å². The van der Waals surface area contributed by atoms with E-state index in [2.05, 4.69) is 42.5 Å². The van der Waals surface area contributed by atoms with Gasteiger partial charge in [0.25, 0.3) is 0 Å². The quantitative estimate of drug-likeness (QED) is 0.0498. The summed E-state index contributed by atoms with van der Waals surface area (Å²) in [6, 6.07) is 0. The van der Waals surface area contributed by atoms with E-state index in [9.17, 15) is 9.59 Å². The molecule has 0 amide bonds. The molecule has 0 aromatic heterocycles. The second-order valence-corrected chi connectivity index (χ2v) is 17.9. The lowest BCUT2D eigenvalue weighted by Crippen LogP contribution is -2.32. The molecule has 1 heterocycles. The normalized spacial score (nSPS) is 15.4. The first-order chi connectivity index (χ1) is 26.1. The van der Waals surface area contributed by atoms with Gasteiger partial charge in [-0.1, -0.05) is 136 Å². The Labute approximate surface area is 334 Å². The number of carbonyl (C=O) groups is 2. The summed E-state index contributed by atoms with van der Waals surface area (Å²) in [6.45, 7) is 11.6. The summed E-state index contributed by atoms with van der Waals surface area (Å²) in [4.78, 5) is 27.0. The van der Waals surface area contributed by atoms with E-state index < -0.39 is 0 Å². The van der Waals surface area contributed by atoms with Crippen LogP contribution in [0.4, 0.5) is 0 Å². The second-order valence-electron chi connectivity index (χ2n) is 16.9. The summed E-state index contributed by atoms with van der Waals surface area (Å²) in [7, 11) is 0. The van der Waals surface area contributed by atoms with Crippen molar-refractivity contribution in [2.24, 2.45) is 17.8 Å². The summed E-state index contributed by atoms with van der Waals surface area (Å²) in [5, 5.41) is 6.14. The van der Waals surface area contributed by atoms with Crippen molar-refractivity contribution >= 4 is 23.8 Å². The van der Waals surface area contributed by atoms with E-state index in [0.29, 0.717) is 18.1 Å². The minimum atomic E-state index is 0.326. The second kappa shape index (κ2) is 34.2. The Bertz CT molecular complexity index is 928. The van der Waals surface area contributed by atoms with Crippen molar-refractivity contribution in [2.45, 2.75) is 220 Å². The number of Topliss-reactive ketones (excluding diaryl/α,β-unsaturated/α-hetero) is 1. The topological polar surface area (TPSA) is 49.4 Å². The lowest BCUT2D eigenvalue weighted by molar-refractivity contribution is -0.123. The number of rotatable bonds is 40. The lowest BCUT2D eigenvalue weighted by Gasteiger charge is -2.28. The van der Waals surface area contributed by atoms with Crippen LogP contribution >= 0.6 is 11.8 Å². The fourth-order valence-corrected chi connectivity index (χ4v) is 9.35. The third-order valence-corrected chi connectivity index (χ3v) is 12.9. The van der Waals surface area contributed by atoms with Crippen LogP contribution in [-0.2, 0) is 9.59 Å². The van der Waals surface area contributed by atoms with E-state index in [1.807, 2.05) is 11.8 Å². The molecular weight excluding hydrogens is 669 g/mol. The van der Waals surface area contributed by atoms with Gasteiger partial charge in [0.1, 0.15) is 12.1 Å². The van der Waals surface area contributed by atoms with E-state index in [1.165, 1.54) is 191 Å². The van der Waals surface area contributed by atoms with E-state index in [1.54, 1.807) is 0 Å². The maximum atomic E-state index is 13.4. The average molecular weight is 757 g/mol. The molecule has 1 unspecified atom stereocenters. The van der Waals surface area contributed by atoms with Crippen molar-refractivity contribution in [3.63, 3.8) is 0 Å². The van der Waals surface area contributed by atoms with Crippen LogP contribution in [0.15, 0.2) is 22.8 Å². The number of ketones is 1. The predicted octanol–water partition coefficient (Wildman–Crippen LogP) is 14.2. The summed E-state index contributed by atoms with van der Waals surface area (Å²) in [5.41, 5.74) is 2.90. The van der Waals surface area contributed by atoms with Crippen molar-refractivity contribution in [3.05, 3.63) is 22.8 Å². The van der Waals surface area contributed by atoms with Gasteiger partial charge >= 0.3 is 0 Å². The van der Waals surface area contributed by atoms with Crippen LogP contribution in [0.25, 0.3) is 0 Å². The first kappa shape index (κ1) is 48.1. The molecule has 4 nitrogen and oxygen atoms in total. The van der Waals surface area contributed by atoms with Gasteiger partial charge in [-0.3, -0.25) is 4.79 Å². The Morgan fingerprint density at radius 3 is 1.92 bits per heavy atom. The largest absolute Gasteiger partial charge is 0.385 e. The molecule has 1 saturated carbocycles. The molecule has 1 fully saturated rings. The third-order valence-electron chi connectivity index (χ3n) is 12.0. The molecule has 1 aliphatic carbocycles. The van der Waals surface area contributed by atoms with Gasteiger partial charge in [-0.05, 0) is 113 Å². The van der Waals surface area contributed by atoms with Gasteiger partial charge in [0.2, 0.25) is 0 Å². The highest BCUT2D eigenvalue weighted by Gasteiger charge is 2.31. The number of hydrogen-bond acceptors (Lipinski definition) is 5. The number of carbonyl (C=O) groups excluding carboxylic acids is 2. The van der Waals surface area contributed by atoms with Gasteiger partial charge in [-0.15, -0.1) is 11.8 Å². The van der Waals surface area contributed by atoms with E-state index >= 15 is 0 Å². The summed E-state index contributed by atoms with van der Waals surface area (Å²) in [6.07, 6.45) is 41.8. The molecular formula is C48H88N2O2S. The van der Waals surface area contributed by atoms with Crippen LogP contribution in [0.2, 0.25) is 0 Å². The van der Waals surface area contributed by atoms with Crippen LogP contribution < -0.4 is 5.32 Å². The van der Waals surface area contributed by atoms with Gasteiger partial charge in [0, 0.05) is 43.3 Å². The molecule has 1 aliphatic heterocycles.